The molecule has 20 heavy (non-hydrogen) atoms. The van der Waals surface area contributed by atoms with Gasteiger partial charge in [0.15, 0.2) is 0 Å². The average molecular weight is 280 g/mol. The zero-order chi connectivity index (χ0) is 14.8. The van der Waals surface area contributed by atoms with Crippen LogP contribution in [0.15, 0.2) is 18.2 Å². The van der Waals surface area contributed by atoms with E-state index in [9.17, 15) is 0 Å². The highest BCUT2D eigenvalue weighted by molar-refractivity contribution is 5.49. The van der Waals surface area contributed by atoms with E-state index in [0.29, 0.717) is 0 Å². The Morgan fingerprint density at radius 2 is 1.65 bits per heavy atom. The first-order valence-corrected chi connectivity index (χ1v) is 7.40. The third-order valence-corrected chi connectivity index (χ3v) is 3.39. The zero-order valence-electron chi connectivity index (χ0n) is 13.0. The van der Waals surface area contributed by atoms with Crippen LogP contribution in [0.1, 0.15) is 25.0 Å². The van der Waals surface area contributed by atoms with Crippen LogP contribution in [0.2, 0.25) is 0 Å². The molecule has 0 spiro atoms. The molecular weight excluding hydrogens is 252 g/mol. The fourth-order valence-electron chi connectivity index (χ4n) is 2.06. The van der Waals surface area contributed by atoms with Crippen LogP contribution in [0, 0.1) is 6.92 Å². The van der Waals surface area contributed by atoms with Crippen LogP contribution >= 0.6 is 0 Å². The summed E-state index contributed by atoms with van der Waals surface area (Å²) in [7, 11) is 0. The van der Waals surface area contributed by atoms with E-state index >= 15 is 0 Å². The van der Waals surface area contributed by atoms with Gasteiger partial charge in [-0.3, -0.25) is 4.90 Å². The highest BCUT2D eigenvalue weighted by Gasteiger charge is 2.09. The van der Waals surface area contributed by atoms with Crippen molar-refractivity contribution in [3.05, 3.63) is 29.3 Å². The Morgan fingerprint density at radius 1 is 1.05 bits per heavy atom. The Labute approximate surface area is 122 Å². The van der Waals surface area contributed by atoms with Crippen LogP contribution in [0.25, 0.3) is 0 Å². The van der Waals surface area contributed by atoms with Crippen molar-refractivity contribution in [2.45, 2.75) is 27.3 Å². The van der Waals surface area contributed by atoms with E-state index in [1.165, 1.54) is 11.1 Å². The number of ether oxygens (including phenoxy) is 2. The number of nitrogens with zero attached hydrogens (tertiary/aromatic N) is 1. The number of anilines is 1. The fraction of sp³-hybridized carbons (Fsp3) is 0.625. The predicted octanol–water partition coefficient (Wildman–Crippen LogP) is 2.45. The molecule has 0 fully saturated rings. The average Bonchev–Trinajstić information content (AvgIpc) is 2.44. The molecule has 0 heterocycles. The van der Waals surface area contributed by atoms with Crippen molar-refractivity contribution in [1.29, 1.82) is 0 Å². The molecule has 0 aliphatic carbocycles. The number of rotatable bonds is 10. The first kappa shape index (κ1) is 17.0. The van der Waals surface area contributed by atoms with E-state index in [1.54, 1.807) is 0 Å². The van der Waals surface area contributed by atoms with Gasteiger partial charge in [-0.15, -0.1) is 0 Å². The van der Waals surface area contributed by atoms with E-state index in [0.717, 1.165) is 51.7 Å². The quantitative estimate of drug-likeness (QED) is 0.528. The van der Waals surface area contributed by atoms with Gasteiger partial charge in [-0.1, -0.05) is 12.1 Å². The molecule has 0 unspecified atom stereocenters. The van der Waals surface area contributed by atoms with Gasteiger partial charge in [-0.25, -0.2) is 0 Å². The molecule has 0 radical (unpaired) electrons. The summed E-state index contributed by atoms with van der Waals surface area (Å²) < 4.78 is 10.9. The lowest BCUT2D eigenvalue weighted by Gasteiger charge is -2.23. The summed E-state index contributed by atoms with van der Waals surface area (Å²) in [6, 6.07) is 6.10. The summed E-state index contributed by atoms with van der Waals surface area (Å²) in [5.41, 5.74) is 9.28. The third kappa shape index (κ3) is 5.90. The minimum Gasteiger partial charge on any atom is -0.399 e. The molecule has 0 atom stereocenters. The van der Waals surface area contributed by atoms with Crippen LogP contribution in [-0.2, 0) is 16.0 Å². The molecular formula is C16H28N2O2. The summed E-state index contributed by atoms with van der Waals surface area (Å²) in [6.07, 6.45) is 0. The number of benzene rings is 1. The van der Waals surface area contributed by atoms with Crippen molar-refractivity contribution in [2.24, 2.45) is 0 Å². The van der Waals surface area contributed by atoms with Gasteiger partial charge in [0.2, 0.25) is 0 Å². The van der Waals surface area contributed by atoms with Gasteiger partial charge in [0, 0.05) is 38.5 Å². The summed E-state index contributed by atoms with van der Waals surface area (Å²) >= 11 is 0. The van der Waals surface area contributed by atoms with Gasteiger partial charge >= 0.3 is 0 Å². The van der Waals surface area contributed by atoms with Gasteiger partial charge in [-0.05, 0) is 38.0 Å². The zero-order valence-corrected chi connectivity index (χ0v) is 13.0. The van der Waals surface area contributed by atoms with Gasteiger partial charge in [0.25, 0.3) is 0 Å². The van der Waals surface area contributed by atoms with Crippen molar-refractivity contribution >= 4 is 5.69 Å². The molecule has 0 bridgehead atoms. The van der Waals surface area contributed by atoms with E-state index in [-0.39, 0.29) is 0 Å². The van der Waals surface area contributed by atoms with Crippen LogP contribution in [-0.4, -0.2) is 44.4 Å². The molecule has 0 amide bonds. The smallest absolute Gasteiger partial charge is 0.0593 e. The standard InChI is InChI=1S/C16H28N2O2/c1-4-19-11-9-18(10-12-20-5-2)13-15-7-6-8-16(17)14(15)3/h6-8H,4-5,9-13,17H2,1-3H3. The Morgan fingerprint density at radius 3 is 2.20 bits per heavy atom. The third-order valence-electron chi connectivity index (χ3n) is 3.39. The second-order valence-electron chi connectivity index (χ2n) is 4.80. The Balaban J connectivity index is 2.59. The highest BCUT2D eigenvalue weighted by Crippen LogP contribution is 2.17. The lowest BCUT2D eigenvalue weighted by molar-refractivity contribution is 0.0797. The lowest BCUT2D eigenvalue weighted by Crippen LogP contribution is -2.31. The second-order valence-corrected chi connectivity index (χ2v) is 4.80. The summed E-state index contributed by atoms with van der Waals surface area (Å²) in [6.45, 7) is 11.9. The Kier molecular flexibility index (Phi) is 8.26. The van der Waals surface area contributed by atoms with Gasteiger partial charge in [-0.2, -0.15) is 0 Å². The molecule has 0 aromatic heterocycles. The first-order valence-electron chi connectivity index (χ1n) is 7.40. The highest BCUT2D eigenvalue weighted by atomic mass is 16.5. The molecule has 0 aliphatic rings. The molecule has 0 saturated carbocycles. The molecule has 4 nitrogen and oxygen atoms in total. The molecule has 0 aliphatic heterocycles. The number of hydrogen-bond acceptors (Lipinski definition) is 4. The van der Waals surface area contributed by atoms with Gasteiger partial charge in [0.1, 0.15) is 0 Å². The molecule has 1 rings (SSSR count). The summed E-state index contributed by atoms with van der Waals surface area (Å²) in [4.78, 5) is 2.35. The Bertz CT molecular complexity index is 373. The van der Waals surface area contributed by atoms with Gasteiger partial charge < -0.3 is 15.2 Å². The second kappa shape index (κ2) is 9.75. The van der Waals surface area contributed by atoms with E-state index in [2.05, 4.69) is 17.9 Å². The maximum absolute atomic E-state index is 5.97. The normalized spacial score (nSPS) is 11.2. The van der Waals surface area contributed by atoms with Crippen LogP contribution in [0.3, 0.4) is 0 Å². The molecule has 1 aromatic rings. The molecule has 1 aromatic carbocycles. The van der Waals surface area contributed by atoms with Crippen molar-refractivity contribution in [3.8, 4) is 0 Å². The fourth-order valence-corrected chi connectivity index (χ4v) is 2.06. The number of nitrogens with two attached hydrogens (primary N) is 1. The van der Waals surface area contributed by atoms with Crippen molar-refractivity contribution in [2.75, 3.05) is 45.3 Å². The lowest BCUT2D eigenvalue weighted by atomic mass is 10.1. The van der Waals surface area contributed by atoms with Crippen molar-refractivity contribution < 1.29 is 9.47 Å². The molecule has 0 saturated heterocycles. The number of nitrogen functional groups attached to an aromatic ring is 1. The molecule has 2 N–H and O–H groups in total. The van der Waals surface area contributed by atoms with Crippen molar-refractivity contribution in [3.63, 3.8) is 0 Å². The SMILES string of the molecule is CCOCCN(CCOCC)Cc1cccc(N)c1C. The molecule has 114 valence electrons. The topological polar surface area (TPSA) is 47.7 Å². The van der Waals surface area contributed by atoms with Crippen molar-refractivity contribution in [1.82, 2.24) is 4.90 Å². The molecule has 4 heteroatoms. The maximum Gasteiger partial charge on any atom is 0.0593 e. The van der Waals surface area contributed by atoms with Crippen LogP contribution in [0.4, 0.5) is 5.69 Å². The van der Waals surface area contributed by atoms with Gasteiger partial charge in [0.05, 0.1) is 13.2 Å². The van der Waals surface area contributed by atoms with E-state index < -0.39 is 0 Å². The summed E-state index contributed by atoms with van der Waals surface area (Å²) in [5, 5.41) is 0. The van der Waals surface area contributed by atoms with E-state index in [4.69, 9.17) is 15.2 Å². The van der Waals surface area contributed by atoms with Crippen LogP contribution < -0.4 is 5.73 Å². The van der Waals surface area contributed by atoms with Crippen LogP contribution in [0.5, 0.6) is 0 Å². The monoisotopic (exact) mass is 280 g/mol. The largest absolute Gasteiger partial charge is 0.399 e. The minimum atomic E-state index is 0.754. The van der Waals surface area contributed by atoms with E-state index in [1.807, 2.05) is 26.0 Å². The predicted molar refractivity (Wildman–Crippen MR) is 83.9 cm³/mol. The maximum atomic E-state index is 5.97. The number of hydrogen-bond donors (Lipinski definition) is 1. The first-order chi connectivity index (χ1) is 9.69. The summed E-state index contributed by atoms with van der Waals surface area (Å²) in [5.74, 6) is 0. The Hall–Kier alpha value is -1.10. The minimum absolute atomic E-state index is 0.754.